The van der Waals surface area contributed by atoms with E-state index in [9.17, 15) is 9.18 Å². The zero-order chi connectivity index (χ0) is 20.0. The van der Waals surface area contributed by atoms with Crippen LogP contribution in [0.15, 0.2) is 40.8 Å². The zero-order valence-corrected chi connectivity index (χ0v) is 16.7. The molecule has 1 aromatic heterocycles. The first-order valence-corrected chi connectivity index (χ1v) is 10.6. The lowest BCUT2D eigenvalue weighted by molar-refractivity contribution is -0.136. The van der Waals surface area contributed by atoms with Crippen molar-refractivity contribution in [2.75, 3.05) is 6.54 Å². The van der Waals surface area contributed by atoms with Crippen molar-refractivity contribution in [2.24, 2.45) is 5.92 Å². The standard InChI is InChI=1S/C24H25FN2O2/c1-15-13-17(8-10-19(15)25)18-9-11-22-20(14-18)26-23(29-22)21-7-4-12-27(21)24(28)16-5-2-3-6-16/h8-11,13-14,16,21H,2-7,12H2,1H3/t21-/m1/s1. The molecular weight excluding hydrogens is 367 g/mol. The van der Waals surface area contributed by atoms with E-state index in [2.05, 4.69) is 0 Å². The Bertz CT molecular complexity index is 1070. The van der Waals surface area contributed by atoms with Crippen molar-refractivity contribution in [1.82, 2.24) is 9.88 Å². The molecule has 0 spiro atoms. The largest absolute Gasteiger partial charge is 0.438 e. The molecule has 5 heteroatoms. The summed E-state index contributed by atoms with van der Waals surface area (Å²) in [5.41, 5.74) is 4.05. The highest BCUT2D eigenvalue weighted by Crippen LogP contribution is 2.37. The summed E-state index contributed by atoms with van der Waals surface area (Å²) in [6.45, 7) is 2.56. The molecule has 1 amide bonds. The van der Waals surface area contributed by atoms with Crippen LogP contribution in [0.3, 0.4) is 0 Å². The fraction of sp³-hybridized carbons (Fsp3) is 0.417. The molecule has 2 fully saturated rings. The van der Waals surface area contributed by atoms with Gasteiger partial charge in [-0.25, -0.2) is 9.37 Å². The van der Waals surface area contributed by atoms with Gasteiger partial charge in [-0.2, -0.15) is 0 Å². The summed E-state index contributed by atoms with van der Waals surface area (Å²) >= 11 is 0. The van der Waals surface area contributed by atoms with Crippen LogP contribution >= 0.6 is 0 Å². The Balaban J connectivity index is 1.45. The fourth-order valence-corrected chi connectivity index (χ4v) is 4.79. The Kier molecular flexibility index (Phi) is 4.61. The second-order valence-electron chi connectivity index (χ2n) is 8.37. The van der Waals surface area contributed by atoms with Crippen LogP contribution in [0.1, 0.15) is 56.0 Å². The number of aromatic nitrogens is 1. The predicted molar refractivity (Wildman–Crippen MR) is 110 cm³/mol. The third-order valence-electron chi connectivity index (χ3n) is 6.42. The van der Waals surface area contributed by atoms with Gasteiger partial charge in [0.2, 0.25) is 11.8 Å². The van der Waals surface area contributed by atoms with E-state index in [0.29, 0.717) is 11.5 Å². The van der Waals surface area contributed by atoms with Gasteiger partial charge in [-0.1, -0.05) is 25.0 Å². The van der Waals surface area contributed by atoms with Crippen LogP contribution in [0, 0.1) is 18.7 Å². The Morgan fingerprint density at radius 3 is 2.62 bits per heavy atom. The van der Waals surface area contributed by atoms with Crippen molar-refractivity contribution in [3.63, 3.8) is 0 Å². The lowest BCUT2D eigenvalue weighted by Gasteiger charge is -2.25. The maximum Gasteiger partial charge on any atom is 0.226 e. The van der Waals surface area contributed by atoms with Gasteiger partial charge in [-0.05, 0) is 73.6 Å². The Labute approximate surface area is 169 Å². The number of amides is 1. The van der Waals surface area contributed by atoms with E-state index in [1.165, 1.54) is 6.07 Å². The molecule has 5 rings (SSSR count). The number of carbonyl (C=O) groups excluding carboxylic acids is 1. The van der Waals surface area contributed by atoms with Crippen LogP contribution < -0.4 is 0 Å². The van der Waals surface area contributed by atoms with Crippen molar-refractivity contribution in [2.45, 2.75) is 51.5 Å². The second-order valence-corrected chi connectivity index (χ2v) is 8.37. The molecule has 2 heterocycles. The molecule has 1 saturated heterocycles. The van der Waals surface area contributed by atoms with Crippen LogP contribution in [-0.2, 0) is 4.79 Å². The van der Waals surface area contributed by atoms with E-state index in [1.54, 1.807) is 13.0 Å². The lowest BCUT2D eigenvalue weighted by Crippen LogP contribution is -2.34. The van der Waals surface area contributed by atoms with E-state index in [4.69, 9.17) is 9.40 Å². The van der Waals surface area contributed by atoms with E-state index in [-0.39, 0.29) is 23.7 Å². The number of halogens is 1. The fourth-order valence-electron chi connectivity index (χ4n) is 4.79. The third kappa shape index (κ3) is 3.33. The Hall–Kier alpha value is -2.69. The average Bonchev–Trinajstić information content (AvgIpc) is 3.48. The van der Waals surface area contributed by atoms with Crippen LogP contribution in [-0.4, -0.2) is 22.3 Å². The van der Waals surface area contributed by atoms with Crippen molar-refractivity contribution >= 4 is 17.0 Å². The highest BCUT2D eigenvalue weighted by atomic mass is 19.1. The summed E-state index contributed by atoms with van der Waals surface area (Å²) in [7, 11) is 0. The summed E-state index contributed by atoms with van der Waals surface area (Å²) in [5.74, 6) is 0.881. The molecule has 0 N–H and O–H groups in total. The molecule has 1 aliphatic carbocycles. The SMILES string of the molecule is Cc1cc(-c2ccc3oc([C@H]4CCCN4C(=O)C4CCCC4)nc3c2)ccc1F. The second kappa shape index (κ2) is 7.29. The monoisotopic (exact) mass is 392 g/mol. The number of oxazole rings is 1. The van der Waals surface area contributed by atoms with Gasteiger partial charge in [0, 0.05) is 12.5 Å². The number of likely N-dealkylation sites (tertiary alicyclic amines) is 1. The first kappa shape index (κ1) is 18.3. The van der Waals surface area contributed by atoms with Crippen molar-refractivity contribution in [1.29, 1.82) is 0 Å². The molecule has 2 aromatic carbocycles. The number of hydrogen-bond acceptors (Lipinski definition) is 3. The third-order valence-corrected chi connectivity index (χ3v) is 6.42. The molecule has 4 nitrogen and oxygen atoms in total. The van der Waals surface area contributed by atoms with Gasteiger partial charge in [-0.15, -0.1) is 0 Å². The van der Waals surface area contributed by atoms with Crippen molar-refractivity contribution < 1.29 is 13.6 Å². The van der Waals surface area contributed by atoms with E-state index in [1.807, 2.05) is 29.2 Å². The molecule has 2 aliphatic rings. The summed E-state index contributed by atoms with van der Waals surface area (Å²) in [6, 6.07) is 10.9. The van der Waals surface area contributed by atoms with Gasteiger partial charge < -0.3 is 9.32 Å². The number of rotatable bonds is 3. The number of benzene rings is 2. The topological polar surface area (TPSA) is 46.3 Å². The molecule has 0 unspecified atom stereocenters. The van der Waals surface area contributed by atoms with Gasteiger partial charge in [0.15, 0.2) is 5.58 Å². The predicted octanol–water partition coefficient (Wildman–Crippen LogP) is 5.80. The summed E-state index contributed by atoms with van der Waals surface area (Å²) < 4.78 is 19.7. The van der Waals surface area contributed by atoms with Gasteiger partial charge in [0.1, 0.15) is 17.4 Å². The minimum absolute atomic E-state index is 0.0629. The maximum atomic E-state index is 13.6. The molecule has 0 bridgehead atoms. The Morgan fingerprint density at radius 1 is 1.07 bits per heavy atom. The van der Waals surface area contributed by atoms with E-state index < -0.39 is 0 Å². The number of aryl methyl sites for hydroxylation is 1. The van der Waals surface area contributed by atoms with Crippen LogP contribution in [0.25, 0.3) is 22.2 Å². The molecule has 150 valence electrons. The first-order valence-electron chi connectivity index (χ1n) is 10.6. The molecule has 29 heavy (non-hydrogen) atoms. The van der Waals surface area contributed by atoms with Crippen LogP contribution in [0.5, 0.6) is 0 Å². The molecular formula is C24H25FN2O2. The highest BCUT2D eigenvalue weighted by Gasteiger charge is 2.37. The maximum absolute atomic E-state index is 13.6. The smallest absolute Gasteiger partial charge is 0.226 e. The number of hydrogen-bond donors (Lipinski definition) is 0. The highest BCUT2D eigenvalue weighted by molar-refractivity contribution is 5.82. The Morgan fingerprint density at radius 2 is 1.83 bits per heavy atom. The molecule has 0 radical (unpaired) electrons. The van der Waals surface area contributed by atoms with Crippen molar-refractivity contribution in [3.8, 4) is 11.1 Å². The molecule has 1 atom stereocenters. The quantitative estimate of drug-likeness (QED) is 0.566. The zero-order valence-electron chi connectivity index (χ0n) is 16.7. The minimum atomic E-state index is -0.202. The van der Waals surface area contributed by atoms with Crippen LogP contribution in [0.2, 0.25) is 0 Å². The molecule has 3 aromatic rings. The normalized spacial score (nSPS) is 20.1. The summed E-state index contributed by atoms with van der Waals surface area (Å²) in [4.78, 5) is 19.7. The van der Waals surface area contributed by atoms with Gasteiger partial charge in [0.05, 0.1) is 0 Å². The first-order chi connectivity index (χ1) is 14.1. The molecule has 1 aliphatic heterocycles. The van der Waals surface area contributed by atoms with E-state index in [0.717, 1.165) is 67.3 Å². The average molecular weight is 392 g/mol. The van der Waals surface area contributed by atoms with Crippen LogP contribution in [0.4, 0.5) is 4.39 Å². The summed E-state index contributed by atoms with van der Waals surface area (Å²) in [5, 5.41) is 0. The number of nitrogens with zero attached hydrogens (tertiary/aromatic N) is 2. The van der Waals surface area contributed by atoms with Crippen molar-refractivity contribution in [3.05, 3.63) is 53.7 Å². The molecule has 1 saturated carbocycles. The lowest BCUT2D eigenvalue weighted by atomic mass is 10.0. The summed E-state index contributed by atoms with van der Waals surface area (Å²) in [6.07, 6.45) is 6.22. The number of carbonyl (C=O) groups is 1. The van der Waals surface area contributed by atoms with Gasteiger partial charge >= 0.3 is 0 Å². The minimum Gasteiger partial charge on any atom is -0.438 e. The van der Waals surface area contributed by atoms with Gasteiger partial charge in [-0.3, -0.25) is 4.79 Å². The number of fused-ring (bicyclic) bond motifs is 1. The van der Waals surface area contributed by atoms with Gasteiger partial charge in [0.25, 0.3) is 0 Å². The van der Waals surface area contributed by atoms with E-state index >= 15 is 0 Å².